The number of aryl methyl sites for hydroxylation is 2. The number of carbonyl (C=O) groups is 2. The third-order valence-corrected chi connectivity index (χ3v) is 8.39. The Hall–Kier alpha value is -3.65. The summed E-state index contributed by atoms with van der Waals surface area (Å²) < 4.78 is 29.1. The van der Waals surface area contributed by atoms with Crippen LogP contribution in [0.3, 0.4) is 0 Å². The summed E-state index contributed by atoms with van der Waals surface area (Å²) in [6, 6.07) is 22.6. The molecule has 1 N–H and O–H groups in total. The maximum absolute atomic E-state index is 14.0. The lowest BCUT2D eigenvalue weighted by Gasteiger charge is -2.33. The second kappa shape index (κ2) is 13.4. The van der Waals surface area contributed by atoms with Gasteiger partial charge in [0.2, 0.25) is 11.8 Å². The van der Waals surface area contributed by atoms with Crippen LogP contribution < -0.4 is 9.62 Å². The fourth-order valence-corrected chi connectivity index (χ4v) is 5.83. The number of hydrogen-bond acceptors (Lipinski definition) is 4. The molecule has 2 amide bonds. The second-order valence-corrected chi connectivity index (χ2v) is 11.8. The summed E-state index contributed by atoms with van der Waals surface area (Å²) in [6.45, 7) is 9.07. The van der Waals surface area contributed by atoms with E-state index in [4.69, 9.17) is 0 Å². The van der Waals surface area contributed by atoms with Crippen molar-refractivity contribution in [2.75, 3.05) is 17.4 Å². The van der Waals surface area contributed by atoms with Crippen molar-refractivity contribution in [2.45, 2.75) is 64.4 Å². The summed E-state index contributed by atoms with van der Waals surface area (Å²) in [6.07, 6.45) is 1.12. The molecule has 0 spiro atoms. The minimum absolute atomic E-state index is 0.0964. The topological polar surface area (TPSA) is 86.8 Å². The molecule has 0 aliphatic carbocycles. The van der Waals surface area contributed by atoms with Crippen molar-refractivity contribution < 1.29 is 18.0 Å². The molecule has 0 saturated heterocycles. The van der Waals surface area contributed by atoms with E-state index in [-0.39, 0.29) is 23.4 Å². The number of amides is 2. The lowest BCUT2D eigenvalue weighted by atomic mass is 10.1. The van der Waals surface area contributed by atoms with Crippen LogP contribution in [0.1, 0.15) is 44.4 Å². The standard InChI is InChI=1S/C31H39N3O4S/c1-6-27-14-10-11-15-29(27)34(39(37,38)28-18-16-24(4)17-19-28)22-30(35)33(25(5)31(36)32-23(2)3)21-20-26-12-8-7-9-13-26/h7-19,23,25H,6,20-22H2,1-5H3,(H,32,36). The van der Waals surface area contributed by atoms with Gasteiger partial charge in [0.25, 0.3) is 10.0 Å². The number of carbonyl (C=O) groups excluding carboxylic acids is 2. The highest BCUT2D eigenvalue weighted by Gasteiger charge is 2.33. The van der Waals surface area contributed by atoms with E-state index in [0.29, 0.717) is 18.5 Å². The Kier molecular flexibility index (Phi) is 10.3. The Bertz CT molecular complexity index is 1360. The Morgan fingerprint density at radius 1 is 0.872 bits per heavy atom. The molecule has 3 rings (SSSR count). The molecule has 8 heteroatoms. The first-order valence-corrected chi connectivity index (χ1v) is 14.8. The largest absolute Gasteiger partial charge is 0.352 e. The quantitative estimate of drug-likeness (QED) is 0.354. The van der Waals surface area contributed by atoms with Gasteiger partial charge >= 0.3 is 0 Å². The Morgan fingerprint density at radius 2 is 1.49 bits per heavy atom. The Balaban J connectivity index is 2.01. The number of para-hydroxylation sites is 1. The van der Waals surface area contributed by atoms with E-state index in [0.717, 1.165) is 16.7 Å². The average Bonchev–Trinajstić information content (AvgIpc) is 2.92. The van der Waals surface area contributed by atoms with Crippen LogP contribution in [0, 0.1) is 6.92 Å². The van der Waals surface area contributed by atoms with Crippen molar-refractivity contribution in [2.24, 2.45) is 0 Å². The van der Waals surface area contributed by atoms with Gasteiger partial charge in [-0.2, -0.15) is 0 Å². The SMILES string of the molecule is CCc1ccccc1N(CC(=O)N(CCc1ccccc1)C(C)C(=O)NC(C)C)S(=O)(=O)c1ccc(C)cc1. The third kappa shape index (κ3) is 7.69. The normalized spacial score (nSPS) is 12.2. The zero-order chi connectivity index (χ0) is 28.6. The molecule has 3 aromatic rings. The fraction of sp³-hybridized carbons (Fsp3) is 0.355. The van der Waals surface area contributed by atoms with Gasteiger partial charge in [0.05, 0.1) is 10.6 Å². The maximum Gasteiger partial charge on any atom is 0.264 e. The van der Waals surface area contributed by atoms with E-state index in [1.165, 1.54) is 9.21 Å². The zero-order valence-electron chi connectivity index (χ0n) is 23.4. The van der Waals surface area contributed by atoms with Crippen molar-refractivity contribution in [1.29, 1.82) is 0 Å². The van der Waals surface area contributed by atoms with Gasteiger partial charge in [-0.25, -0.2) is 8.42 Å². The molecule has 7 nitrogen and oxygen atoms in total. The van der Waals surface area contributed by atoms with E-state index in [9.17, 15) is 18.0 Å². The van der Waals surface area contributed by atoms with E-state index < -0.39 is 28.5 Å². The summed E-state index contributed by atoms with van der Waals surface area (Å²) in [5.41, 5.74) is 3.22. The van der Waals surface area contributed by atoms with Crippen LogP contribution >= 0.6 is 0 Å². The van der Waals surface area contributed by atoms with Gasteiger partial charge in [-0.15, -0.1) is 0 Å². The van der Waals surface area contributed by atoms with Gasteiger partial charge in [-0.3, -0.25) is 13.9 Å². The van der Waals surface area contributed by atoms with Crippen LogP contribution in [-0.2, 0) is 32.5 Å². The molecular formula is C31H39N3O4S. The summed E-state index contributed by atoms with van der Waals surface area (Å²) >= 11 is 0. The molecule has 208 valence electrons. The molecule has 0 fully saturated rings. The van der Waals surface area contributed by atoms with Crippen molar-refractivity contribution in [1.82, 2.24) is 10.2 Å². The monoisotopic (exact) mass is 549 g/mol. The highest BCUT2D eigenvalue weighted by atomic mass is 32.2. The highest BCUT2D eigenvalue weighted by molar-refractivity contribution is 7.92. The molecule has 0 heterocycles. The maximum atomic E-state index is 14.0. The summed E-state index contributed by atoms with van der Waals surface area (Å²) in [5, 5.41) is 2.88. The first kappa shape index (κ1) is 29.9. The molecule has 1 atom stereocenters. The van der Waals surface area contributed by atoms with Crippen LogP contribution in [0.5, 0.6) is 0 Å². The molecule has 0 bridgehead atoms. The molecule has 0 saturated carbocycles. The average molecular weight is 550 g/mol. The molecule has 0 aliphatic rings. The summed E-state index contributed by atoms with van der Waals surface area (Å²) in [5.74, 6) is -0.729. The van der Waals surface area contributed by atoms with Crippen LogP contribution in [-0.4, -0.2) is 50.3 Å². The minimum atomic E-state index is -4.08. The van der Waals surface area contributed by atoms with Crippen molar-refractivity contribution >= 4 is 27.5 Å². The predicted octanol–water partition coefficient (Wildman–Crippen LogP) is 4.74. The third-order valence-electron chi connectivity index (χ3n) is 6.61. The lowest BCUT2D eigenvalue weighted by molar-refractivity contribution is -0.139. The van der Waals surface area contributed by atoms with E-state index in [1.54, 1.807) is 43.3 Å². The number of benzene rings is 3. The van der Waals surface area contributed by atoms with E-state index in [1.807, 2.05) is 70.2 Å². The van der Waals surface area contributed by atoms with Gasteiger partial charge in [0.1, 0.15) is 12.6 Å². The van der Waals surface area contributed by atoms with Crippen LogP contribution in [0.2, 0.25) is 0 Å². The molecule has 0 aliphatic heterocycles. The lowest BCUT2D eigenvalue weighted by Crippen LogP contribution is -2.53. The predicted molar refractivity (Wildman–Crippen MR) is 156 cm³/mol. The van der Waals surface area contributed by atoms with Crippen molar-refractivity contribution in [3.8, 4) is 0 Å². The van der Waals surface area contributed by atoms with Crippen LogP contribution in [0.15, 0.2) is 83.8 Å². The number of anilines is 1. The number of nitrogens with zero attached hydrogens (tertiary/aromatic N) is 2. The van der Waals surface area contributed by atoms with Crippen LogP contribution in [0.25, 0.3) is 0 Å². The van der Waals surface area contributed by atoms with E-state index in [2.05, 4.69) is 5.32 Å². The Labute approximate surface area is 232 Å². The fourth-order valence-electron chi connectivity index (χ4n) is 4.38. The summed E-state index contributed by atoms with van der Waals surface area (Å²) in [7, 11) is -4.08. The van der Waals surface area contributed by atoms with Gasteiger partial charge in [0.15, 0.2) is 0 Å². The molecule has 39 heavy (non-hydrogen) atoms. The molecule has 3 aromatic carbocycles. The number of hydrogen-bond donors (Lipinski definition) is 1. The summed E-state index contributed by atoms with van der Waals surface area (Å²) in [4.78, 5) is 28.5. The smallest absolute Gasteiger partial charge is 0.264 e. The Morgan fingerprint density at radius 3 is 2.10 bits per heavy atom. The first-order valence-electron chi connectivity index (χ1n) is 13.4. The van der Waals surface area contributed by atoms with Gasteiger partial charge < -0.3 is 10.2 Å². The first-order chi connectivity index (χ1) is 18.5. The zero-order valence-corrected chi connectivity index (χ0v) is 24.2. The van der Waals surface area contributed by atoms with Gasteiger partial charge in [-0.05, 0) is 69.9 Å². The van der Waals surface area contributed by atoms with Crippen LogP contribution in [0.4, 0.5) is 5.69 Å². The molecule has 0 radical (unpaired) electrons. The minimum Gasteiger partial charge on any atom is -0.352 e. The highest BCUT2D eigenvalue weighted by Crippen LogP contribution is 2.28. The number of rotatable bonds is 12. The van der Waals surface area contributed by atoms with Gasteiger partial charge in [0, 0.05) is 12.6 Å². The van der Waals surface area contributed by atoms with Crippen molar-refractivity contribution in [3.05, 3.63) is 95.6 Å². The molecule has 1 unspecified atom stereocenters. The van der Waals surface area contributed by atoms with Gasteiger partial charge in [-0.1, -0.05) is 73.2 Å². The molecular weight excluding hydrogens is 510 g/mol. The van der Waals surface area contributed by atoms with E-state index >= 15 is 0 Å². The number of nitrogens with one attached hydrogen (secondary N) is 1. The van der Waals surface area contributed by atoms with Crippen molar-refractivity contribution in [3.63, 3.8) is 0 Å². The number of sulfonamides is 1. The second-order valence-electron chi connectivity index (χ2n) is 9.97. The molecule has 0 aromatic heterocycles.